The molecule has 0 unspecified atom stereocenters. The maximum Gasteiger partial charge on any atom is 0.136 e. The first-order valence-corrected chi connectivity index (χ1v) is 5.35. The van der Waals surface area contributed by atoms with Crippen molar-refractivity contribution >= 4 is 6.29 Å². The van der Waals surface area contributed by atoms with Crippen LogP contribution in [0.1, 0.15) is 47.0 Å². The second kappa shape index (κ2) is 7.07. The summed E-state index contributed by atoms with van der Waals surface area (Å²) in [6.45, 7) is 8.59. The summed E-state index contributed by atoms with van der Waals surface area (Å²) in [5.41, 5.74) is 0. The molecule has 2 nitrogen and oxygen atoms in total. The Morgan fingerprint density at radius 1 is 1.23 bits per heavy atom. The monoisotopic (exact) mass is 185 g/mol. The van der Waals surface area contributed by atoms with Gasteiger partial charge in [0.2, 0.25) is 0 Å². The molecule has 0 saturated heterocycles. The molecule has 0 aliphatic heterocycles. The van der Waals surface area contributed by atoms with E-state index in [1.807, 2.05) is 0 Å². The highest BCUT2D eigenvalue weighted by molar-refractivity contribution is 5.57. The van der Waals surface area contributed by atoms with Gasteiger partial charge in [0, 0.05) is 6.04 Å². The summed E-state index contributed by atoms with van der Waals surface area (Å²) in [7, 11) is 0. The zero-order valence-corrected chi connectivity index (χ0v) is 9.34. The van der Waals surface area contributed by atoms with Crippen LogP contribution in [0.3, 0.4) is 0 Å². The minimum Gasteiger partial charge on any atom is -0.305 e. The molecule has 0 aliphatic rings. The highest BCUT2D eigenvalue weighted by atomic mass is 16.1. The third-order valence-corrected chi connectivity index (χ3v) is 2.32. The fourth-order valence-electron chi connectivity index (χ4n) is 1.50. The van der Waals surface area contributed by atoms with Crippen molar-refractivity contribution in [2.45, 2.75) is 59.0 Å². The van der Waals surface area contributed by atoms with Crippen LogP contribution in [-0.2, 0) is 4.79 Å². The van der Waals surface area contributed by atoms with Crippen molar-refractivity contribution in [3.8, 4) is 0 Å². The maximum atomic E-state index is 10.7. The molecule has 0 spiro atoms. The first-order chi connectivity index (χ1) is 6.13. The normalized spacial score (nSPS) is 13.7. The van der Waals surface area contributed by atoms with Gasteiger partial charge in [-0.3, -0.25) is 0 Å². The number of rotatable bonds is 7. The van der Waals surface area contributed by atoms with Gasteiger partial charge in [0.15, 0.2) is 0 Å². The minimum absolute atomic E-state index is 0.0462. The molecule has 0 amide bonds. The SMILES string of the molecule is CCC(CC)N[C@H](C=O)CC(C)C. The summed E-state index contributed by atoms with van der Waals surface area (Å²) in [6, 6.07) is 0.541. The van der Waals surface area contributed by atoms with Crippen LogP contribution < -0.4 is 5.32 Å². The molecule has 0 aromatic rings. The number of hydrogen-bond donors (Lipinski definition) is 1. The van der Waals surface area contributed by atoms with Gasteiger partial charge in [-0.2, -0.15) is 0 Å². The average Bonchev–Trinajstić information content (AvgIpc) is 2.11. The van der Waals surface area contributed by atoms with Gasteiger partial charge in [-0.05, 0) is 25.2 Å². The molecule has 13 heavy (non-hydrogen) atoms. The lowest BCUT2D eigenvalue weighted by Crippen LogP contribution is -2.39. The zero-order valence-electron chi connectivity index (χ0n) is 9.34. The Morgan fingerprint density at radius 2 is 1.77 bits per heavy atom. The molecular formula is C11H23NO. The number of aldehydes is 1. The summed E-state index contributed by atoms with van der Waals surface area (Å²) in [5.74, 6) is 0.581. The second-order valence-corrected chi connectivity index (χ2v) is 4.05. The lowest BCUT2D eigenvalue weighted by atomic mass is 10.0. The zero-order chi connectivity index (χ0) is 10.3. The van der Waals surface area contributed by atoms with E-state index >= 15 is 0 Å². The molecule has 0 heterocycles. The number of hydrogen-bond acceptors (Lipinski definition) is 2. The molecule has 0 aromatic carbocycles. The van der Waals surface area contributed by atoms with E-state index < -0.39 is 0 Å². The van der Waals surface area contributed by atoms with E-state index in [0.29, 0.717) is 12.0 Å². The molecule has 1 N–H and O–H groups in total. The molecule has 0 bridgehead atoms. The van der Waals surface area contributed by atoms with Crippen molar-refractivity contribution in [3.63, 3.8) is 0 Å². The van der Waals surface area contributed by atoms with E-state index in [9.17, 15) is 4.79 Å². The molecular weight excluding hydrogens is 162 g/mol. The summed E-state index contributed by atoms with van der Waals surface area (Å²) in [4.78, 5) is 10.7. The minimum atomic E-state index is 0.0462. The molecule has 2 heteroatoms. The van der Waals surface area contributed by atoms with Crippen molar-refractivity contribution in [2.24, 2.45) is 5.92 Å². The van der Waals surface area contributed by atoms with Crippen molar-refractivity contribution in [1.82, 2.24) is 5.32 Å². The molecule has 0 aromatic heterocycles. The van der Waals surface area contributed by atoms with Gasteiger partial charge in [0.05, 0.1) is 6.04 Å². The predicted octanol–water partition coefficient (Wildman–Crippen LogP) is 2.38. The van der Waals surface area contributed by atoms with E-state index in [1.165, 1.54) is 0 Å². The number of carbonyl (C=O) groups excluding carboxylic acids is 1. The quantitative estimate of drug-likeness (QED) is 0.617. The van der Waals surface area contributed by atoms with Gasteiger partial charge in [-0.15, -0.1) is 0 Å². The Kier molecular flexibility index (Phi) is 6.87. The Labute approximate surface area is 82.1 Å². The standard InChI is InChI=1S/C11H23NO/c1-5-10(6-2)12-11(8-13)7-9(3)4/h8-12H,5-7H2,1-4H3/t11-/m0/s1. The largest absolute Gasteiger partial charge is 0.305 e. The molecule has 1 atom stereocenters. The Balaban J connectivity index is 3.87. The summed E-state index contributed by atoms with van der Waals surface area (Å²) in [6.07, 6.45) is 4.18. The Bertz CT molecular complexity index is 130. The van der Waals surface area contributed by atoms with Crippen LogP contribution in [0.5, 0.6) is 0 Å². The summed E-state index contributed by atoms with van der Waals surface area (Å²) in [5, 5.41) is 3.37. The highest BCUT2D eigenvalue weighted by Gasteiger charge is 2.12. The van der Waals surface area contributed by atoms with Gasteiger partial charge >= 0.3 is 0 Å². The second-order valence-electron chi connectivity index (χ2n) is 4.05. The average molecular weight is 185 g/mol. The van der Waals surface area contributed by atoms with Gasteiger partial charge in [-0.1, -0.05) is 27.7 Å². The van der Waals surface area contributed by atoms with Crippen molar-refractivity contribution < 1.29 is 4.79 Å². The van der Waals surface area contributed by atoms with Crippen LogP contribution >= 0.6 is 0 Å². The van der Waals surface area contributed by atoms with Crippen molar-refractivity contribution in [1.29, 1.82) is 0 Å². The number of nitrogens with one attached hydrogen (secondary N) is 1. The van der Waals surface area contributed by atoms with E-state index in [2.05, 4.69) is 33.0 Å². The third kappa shape index (κ3) is 5.81. The number of carbonyl (C=O) groups is 1. The fourth-order valence-corrected chi connectivity index (χ4v) is 1.50. The van der Waals surface area contributed by atoms with Crippen LogP contribution in [0.4, 0.5) is 0 Å². The smallest absolute Gasteiger partial charge is 0.136 e. The predicted molar refractivity (Wildman–Crippen MR) is 56.8 cm³/mol. The van der Waals surface area contributed by atoms with E-state index in [0.717, 1.165) is 25.5 Å². The van der Waals surface area contributed by atoms with Crippen LogP contribution in [0, 0.1) is 5.92 Å². The van der Waals surface area contributed by atoms with Crippen LogP contribution in [0.15, 0.2) is 0 Å². The Morgan fingerprint density at radius 3 is 2.08 bits per heavy atom. The third-order valence-electron chi connectivity index (χ3n) is 2.32. The van der Waals surface area contributed by atoms with Crippen molar-refractivity contribution in [3.05, 3.63) is 0 Å². The molecule has 0 rings (SSSR count). The molecule has 78 valence electrons. The summed E-state index contributed by atoms with van der Waals surface area (Å²) >= 11 is 0. The van der Waals surface area contributed by atoms with E-state index in [1.54, 1.807) is 0 Å². The van der Waals surface area contributed by atoms with Crippen LogP contribution in [0.25, 0.3) is 0 Å². The van der Waals surface area contributed by atoms with Crippen LogP contribution in [0.2, 0.25) is 0 Å². The molecule has 0 radical (unpaired) electrons. The lowest BCUT2D eigenvalue weighted by molar-refractivity contribution is -0.110. The lowest BCUT2D eigenvalue weighted by Gasteiger charge is -2.21. The summed E-state index contributed by atoms with van der Waals surface area (Å²) < 4.78 is 0. The van der Waals surface area contributed by atoms with Gasteiger partial charge < -0.3 is 10.1 Å². The highest BCUT2D eigenvalue weighted by Crippen LogP contribution is 2.05. The fraction of sp³-hybridized carbons (Fsp3) is 0.909. The molecule has 0 fully saturated rings. The van der Waals surface area contributed by atoms with Gasteiger partial charge in [-0.25, -0.2) is 0 Å². The first-order valence-electron chi connectivity index (χ1n) is 5.35. The van der Waals surface area contributed by atoms with Gasteiger partial charge in [0.25, 0.3) is 0 Å². The van der Waals surface area contributed by atoms with Crippen molar-refractivity contribution in [2.75, 3.05) is 0 Å². The van der Waals surface area contributed by atoms with Gasteiger partial charge in [0.1, 0.15) is 6.29 Å². The van der Waals surface area contributed by atoms with E-state index in [-0.39, 0.29) is 6.04 Å². The first kappa shape index (κ1) is 12.6. The molecule has 0 aliphatic carbocycles. The maximum absolute atomic E-state index is 10.7. The Hall–Kier alpha value is -0.370. The topological polar surface area (TPSA) is 29.1 Å². The van der Waals surface area contributed by atoms with Crippen LogP contribution in [-0.4, -0.2) is 18.4 Å². The molecule has 0 saturated carbocycles. The van der Waals surface area contributed by atoms with E-state index in [4.69, 9.17) is 0 Å².